The number of nitrogens with zero attached hydrogens (tertiary/aromatic N) is 4. The smallest absolute Gasteiger partial charge is 0.289 e. The summed E-state index contributed by atoms with van der Waals surface area (Å²) in [6.45, 7) is 6.43. The molecule has 1 saturated heterocycles. The minimum atomic E-state index is -0.182. The largest absolute Gasteiger partial charge is 0.375 e. The van der Waals surface area contributed by atoms with Gasteiger partial charge in [0.25, 0.3) is 5.56 Å². The van der Waals surface area contributed by atoms with Gasteiger partial charge in [-0.25, -0.2) is 9.97 Å². The van der Waals surface area contributed by atoms with E-state index in [0.717, 1.165) is 43.4 Å². The van der Waals surface area contributed by atoms with Crippen LogP contribution in [0.2, 0.25) is 0 Å². The molecule has 7 nitrogen and oxygen atoms in total. The van der Waals surface area contributed by atoms with Crippen molar-refractivity contribution in [2.45, 2.75) is 20.3 Å². The van der Waals surface area contributed by atoms with Crippen LogP contribution in [0, 0.1) is 19.8 Å². The number of hydrogen-bond acceptors (Lipinski definition) is 6. The van der Waals surface area contributed by atoms with Gasteiger partial charge in [0.05, 0.1) is 0 Å². The third-order valence-corrected chi connectivity index (χ3v) is 4.53. The molecule has 130 valence electrons. The third-order valence-electron chi connectivity index (χ3n) is 4.53. The Morgan fingerprint density at radius 1 is 1.28 bits per heavy atom. The lowest BCUT2D eigenvalue weighted by Gasteiger charge is -2.17. The fourth-order valence-electron chi connectivity index (χ4n) is 3.27. The molecule has 0 amide bonds. The number of aromatic nitrogens is 3. The molecule has 25 heavy (non-hydrogen) atoms. The molecule has 1 atom stereocenters. The van der Waals surface area contributed by atoms with Gasteiger partial charge in [0.15, 0.2) is 5.65 Å². The van der Waals surface area contributed by atoms with E-state index in [2.05, 4.69) is 20.2 Å². The van der Waals surface area contributed by atoms with Crippen molar-refractivity contribution >= 4 is 17.3 Å². The predicted octanol–water partition coefficient (Wildman–Crippen LogP) is 2.24. The van der Waals surface area contributed by atoms with Crippen molar-refractivity contribution in [1.82, 2.24) is 14.5 Å². The molecule has 0 aromatic carbocycles. The Morgan fingerprint density at radius 2 is 2.16 bits per heavy atom. The van der Waals surface area contributed by atoms with Gasteiger partial charge in [0.1, 0.15) is 17.4 Å². The minimum absolute atomic E-state index is 0.182. The van der Waals surface area contributed by atoms with Crippen LogP contribution < -0.4 is 15.8 Å². The van der Waals surface area contributed by atoms with Crippen LogP contribution in [0.25, 0.3) is 5.65 Å². The molecule has 3 aromatic heterocycles. The molecule has 0 spiro atoms. The van der Waals surface area contributed by atoms with Gasteiger partial charge >= 0.3 is 0 Å². The predicted molar refractivity (Wildman–Crippen MR) is 96.2 cm³/mol. The Kier molecular flexibility index (Phi) is 3.91. The van der Waals surface area contributed by atoms with Crippen molar-refractivity contribution < 1.29 is 4.52 Å². The summed E-state index contributed by atoms with van der Waals surface area (Å²) in [5.41, 5.74) is 1.38. The fraction of sp³-hybridized carbons (Fsp3) is 0.389. The highest BCUT2D eigenvalue weighted by Crippen LogP contribution is 2.22. The summed E-state index contributed by atoms with van der Waals surface area (Å²) in [7, 11) is 0. The van der Waals surface area contributed by atoms with Crippen molar-refractivity contribution in [3.05, 3.63) is 52.1 Å². The van der Waals surface area contributed by atoms with Crippen LogP contribution in [-0.2, 0) is 0 Å². The number of nitrogens with one attached hydrogen (secondary N) is 1. The van der Waals surface area contributed by atoms with Gasteiger partial charge in [-0.15, -0.1) is 4.57 Å². The van der Waals surface area contributed by atoms with E-state index < -0.39 is 0 Å². The van der Waals surface area contributed by atoms with Gasteiger partial charge in [-0.3, -0.25) is 4.79 Å². The van der Waals surface area contributed by atoms with Crippen molar-refractivity contribution in [2.75, 3.05) is 29.9 Å². The van der Waals surface area contributed by atoms with E-state index in [9.17, 15) is 4.79 Å². The quantitative estimate of drug-likeness (QED) is 0.786. The van der Waals surface area contributed by atoms with Crippen LogP contribution >= 0.6 is 0 Å². The van der Waals surface area contributed by atoms with E-state index in [-0.39, 0.29) is 5.56 Å². The zero-order chi connectivity index (χ0) is 17.4. The molecule has 0 saturated carbocycles. The fourth-order valence-corrected chi connectivity index (χ4v) is 3.27. The maximum absolute atomic E-state index is 12.2. The first-order valence-electron chi connectivity index (χ1n) is 8.52. The van der Waals surface area contributed by atoms with Gasteiger partial charge in [0, 0.05) is 37.5 Å². The number of aryl methyl sites for hydroxylation is 2. The monoisotopic (exact) mass is 339 g/mol. The number of pyridine rings is 1. The molecule has 0 radical (unpaired) electrons. The molecule has 1 aliphatic rings. The normalized spacial score (nSPS) is 17.4. The lowest BCUT2D eigenvalue weighted by atomic mass is 10.1. The van der Waals surface area contributed by atoms with Crippen LogP contribution in [0.4, 0.5) is 11.6 Å². The summed E-state index contributed by atoms with van der Waals surface area (Å²) < 4.78 is 6.57. The lowest BCUT2D eigenvalue weighted by Crippen LogP contribution is -2.25. The number of anilines is 2. The summed E-state index contributed by atoms with van der Waals surface area (Å²) in [5, 5.41) is 3.40. The van der Waals surface area contributed by atoms with Crippen LogP contribution in [0.3, 0.4) is 0 Å². The summed E-state index contributed by atoms with van der Waals surface area (Å²) in [4.78, 5) is 23.4. The average Bonchev–Trinajstić information content (AvgIpc) is 3.19. The second kappa shape index (κ2) is 6.23. The molecule has 3 aromatic rings. The van der Waals surface area contributed by atoms with Gasteiger partial charge < -0.3 is 14.7 Å². The zero-order valence-corrected chi connectivity index (χ0v) is 14.4. The Labute approximate surface area is 145 Å². The zero-order valence-electron chi connectivity index (χ0n) is 14.4. The van der Waals surface area contributed by atoms with Crippen LogP contribution in [0.5, 0.6) is 0 Å². The molecule has 1 N–H and O–H groups in total. The molecule has 1 aliphatic heterocycles. The first-order chi connectivity index (χ1) is 12.1. The summed E-state index contributed by atoms with van der Waals surface area (Å²) >= 11 is 0. The van der Waals surface area contributed by atoms with Crippen molar-refractivity contribution in [3.63, 3.8) is 0 Å². The molecule has 0 bridgehead atoms. The second-order valence-corrected chi connectivity index (χ2v) is 6.60. The molecular formula is C18H21N5O2. The Hall–Kier alpha value is -2.83. The Balaban J connectivity index is 1.44. The van der Waals surface area contributed by atoms with E-state index in [1.54, 1.807) is 12.1 Å². The molecular weight excluding hydrogens is 318 g/mol. The molecule has 4 rings (SSSR count). The van der Waals surface area contributed by atoms with Gasteiger partial charge in [0.2, 0.25) is 0 Å². The van der Waals surface area contributed by atoms with E-state index in [0.29, 0.717) is 17.3 Å². The maximum Gasteiger partial charge on any atom is 0.289 e. The number of hydrogen-bond donors (Lipinski definition) is 1. The molecule has 4 heterocycles. The first-order valence-corrected chi connectivity index (χ1v) is 8.52. The Bertz CT molecular complexity index is 961. The SMILES string of the molecule is Cc1cccc(NC[C@@H]2CCN(c3cc(=O)n4oc(C)cc4n3)C2)n1. The van der Waals surface area contributed by atoms with Gasteiger partial charge in [-0.05, 0) is 38.3 Å². The highest BCUT2D eigenvalue weighted by Gasteiger charge is 2.24. The minimum Gasteiger partial charge on any atom is -0.375 e. The molecule has 0 unspecified atom stereocenters. The molecule has 1 fully saturated rings. The van der Waals surface area contributed by atoms with Crippen molar-refractivity contribution in [2.24, 2.45) is 5.92 Å². The standard InChI is InChI=1S/C18H21N5O2/c1-12-4-3-5-15(20-12)19-10-14-6-7-22(11-14)16-9-18(24)23-17(21-16)8-13(2)25-23/h3-5,8-9,14H,6-7,10-11H2,1-2H3,(H,19,20)/t14-/m0/s1. The van der Waals surface area contributed by atoms with Crippen LogP contribution in [0.1, 0.15) is 17.9 Å². The number of rotatable bonds is 4. The van der Waals surface area contributed by atoms with E-state index in [4.69, 9.17) is 4.52 Å². The van der Waals surface area contributed by atoms with E-state index >= 15 is 0 Å². The summed E-state index contributed by atoms with van der Waals surface area (Å²) in [6, 6.07) is 9.31. The van der Waals surface area contributed by atoms with Gasteiger partial charge in [-0.2, -0.15) is 0 Å². The third kappa shape index (κ3) is 3.22. The highest BCUT2D eigenvalue weighted by molar-refractivity contribution is 5.48. The van der Waals surface area contributed by atoms with Crippen LogP contribution in [0.15, 0.2) is 39.6 Å². The van der Waals surface area contributed by atoms with Crippen LogP contribution in [-0.4, -0.2) is 34.2 Å². The lowest BCUT2D eigenvalue weighted by molar-refractivity contribution is 0.345. The van der Waals surface area contributed by atoms with Crippen molar-refractivity contribution in [1.29, 1.82) is 0 Å². The topological polar surface area (TPSA) is 75.7 Å². The average molecular weight is 339 g/mol. The molecule has 0 aliphatic carbocycles. The highest BCUT2D eigenvalue weighted by atomic mass is 16.5. The van der Waals surface area contributed by atoms with Crippen molar-refractivity contribution in [3.8, 4) is 0 Å². The van der Waals surface area contributed by atoms with E-state index in [1.807, 2.05) is 32.0 Å². The van der Waals surface area contributed by atoms with E-state index in [1.165, 1.54) is 4.57 Å². The maximum atomic E-state index is 12.2. The summed E-state index contributed by atoms with van der Waals surface area (Å²) in [6.07, 6.45) is 1.06. The first kappa shape index (κ1) is 15.7. The van der Waals surface area contributed by atoms with Gasteiger partial charge in [-0.1, -0.05) is 6.07 Å². The Morgan fingerprint density at radius 3 is 3.00 bits per heavy atom. The number of fused-ring (bicyclic) bond motifs is 1. The summed E-state index contributed by atoms with van der Waals surface area (Å²) in [5.74, 6) is 2.80. The molecule has 7 heteroatoms. The second-order valence-electron chi connectivity index (χ2n) is 6.60.